The maximum Gasteiger partial charge on any atom is 0.129 e. The van der Waals surface area contributed by atoms with Gasteiger partial charge < -0.3 is 10.5 Å². The highest BCUT2D eigenvalue weighted by Crippen LogP contribution is 2.22. The summed E-state index contributed by atoms with van der Waals surface area (Å²) in [5.41, 5.74) is 6.51. The van der Waals surface area contributed by atoms with E-state index >= 15 is 0 Å². The van der Waals surface area contributed by atoms with Gasteiger partial charge in [-0.2, -0.15) is 0 Å². The van der Waals surface area contributed by atoms with Crippen LogP contribution in [0.3, 0.4) is 0 Å². The van der Waals surface area contributed by atoms with Gasteiger partial charge in [-0.25, -0.2) is 0 Å². The minimum atomic E-state index is 0.388. The normalized spacial score (nSPS) is 23.5. The average molecular weight is 278 g/mol. The van der Waals surface area contributed by atoms with Gasteiger partial charge in [0, 0.05) is 19.6 Å². The van der Waals surface area contributed by atoms with Crippen molar-refractivity contribution in [3.8, 4) is 5.75 Å². The molecule has 0 aliphatic carbocycles. The van der Waals surface area contributed by atoms with E-state index in [9.17, 15) is 0 Å². The molecule has 104 valence electrons. The van der Waals surface area contributed by atoms with Crippen LogP contribution >= 0.6 is 12.2 Å². The van der Waals surface area contributed by atoms with Gasteiger partial charge in [0.1, 0.15) is 17.3 Å². The summed E-state index contributed by atoms with van der Waals surface area (Å²) in [6.07, 6.45) is 0. The van der Waals surface area contributed by atoms with Crippen molar-refractivity contribution in [3.63, 3.8) is 0 Å². The molecule has 1 aliphatic rings. The van der Waals surface area contributed by atoms with Gasteiger partial charge in [-0.1, -0.05) is 38.2 Å². The van der Waals surface area contributed by atoms with Gasteiger partial charge >= 0.3 is 0 Å². The standard InChI is InChI=1S/C15H22N2OS/c1-11-9-17(10-12(11)2)7-8-18-14-6-4-3-5-13(14)15(16)19/h3-6,11-12H,7-10H2,1-2H3,(H2,16,19). The summed E-state index contributed by atoms with van der Waals surface area (Å²) in [6.45, 7) is 8.60. The SMILES string of the molecule is CC1CN(CCOc2ccccc2C(N)=S)CC1C. The van der Waals surface area contributed by atoms with E-state index < -0.39 is 0 Å². The molecule has 1 heterocycles. The van der Waals surface area contributed by atoms with E-state index in [2.05, 4.69) is 18.7 Å². The third kappa shape index (κ3) is 3.67. The fourth-order valence-electron chi connectivity index (χ4n) is 2.51. The van der Waals surface area contributed by atoms with E-state index in [1.165, 1.54) is 13.1 Å². The second-order valence-electron chi connectivity index (χ2n) is 5.42. The monoisotopic (exact) mass is 278 g/mol. The highest BCUT2D eigenvalue weighted by Gasteiger charge is 2.25. The predicted octanol–water partition coefficient (Wildman–Crippen LogP) is 2.29. The highest BCUT2D eigenvalue weighted by molar-refractivity contribution is 7.80. The fourth-order valence-corrected chi connectivity index (χ4v) is 2.68. The van der Waals surface area contributed by atoms with Crippen LogP contribution in [0.5, 0.6) is 5.75 Å². The van der Waals surface area contributed by atoms with E-state index in [0.29, 0.717) is 11.6 Å². The van der Waals surface area contributed by atoms with Crippen LogP contribution in [0.2, 0.25) is 0 Å². The first-order chi connectivity index (χ1) is 9.08. The molecule has 0 aromatic heterocycles. The molecular formula is C15H22N2OS. The van der Waals surface area contributed by atoms with Crippen LogP contribution < -0.4 is 10.5 Å². The zero-order chi connectivity index (χ0) is 13.8. The van der Waals surface area contributed by atoms with Crippen molar-refractivity contribution in [2.75, 3.05) is 26.2 Å². The Balaban J connectivity index is 1.85. The largest absolute Gasteiger partial charge is 0.492 e. The van der Waals surface area contributed by atoms with Gasteiger partial charge in [0.15, 0.2) is 0 Å². The van der Waals surface area contributed by atoms with Crippen molar-refractivity contribution in [2.45, 2.75) is 13.8 Å². The van der Waals surface area contributed by atoms with Gasteiger partial charge in [-0.15, -0.1) is 0 Å². The Morgan fingerprint density at radius 3 is 2.58 bits per heavy atom. The quantitative estimate of drug-likeness (QED) is 0.839. The highest BCUT2D eigenvalue weighted by atomic mass is 32.1. The first-order valence-electron chi connectivity index (χ1n) is 6.82. The van der Waals surface area contributed by atoms with Crippen molar-refractivity contribution < 1.29 is 4.74 Å². The Kier molecular flexibility index (Phi) is 4.77. The van der Waals surface area contributed by atoms with Crippen LogP contribution in [0.4, 0.5) is 0 Å². The average Bonchev–Trinajstić information content (AvgIpc) is 2.69. The summed E-state index contributed by atoms with van der Waals surface area (Å²) < 4.78 is 5.82. The predicted molar refractivity (Wildman–Crippen MR) is 82.6 cm³/mol. The van der Waals surface area contributed by atoms with Crippen LogP contribution in [-0.4, -0.2) is 36.1 Å². The zero-order valence-electron chi connectivity index (χ0n) is 11.6. The van der Waals surface area contributed by atoms with Crippen molar-refractivity contribution in [3.05, 3.63) is 29.8 Å². The van der Waals surface area contributed by atoms with Gasteiger partial charge in [0.05, 0.1) is 5.56 Å². The second-order valence-corrected chi connectivity index (χ2v) is 5.86. The van der Waals surface area contributed by atoms with E-state index in [1.54, 1.807) is 0 Å². The summed E-state index contributed by atoms with van der Waals surface area (Å²) in [5.74, 6) is 2.35. The number of hydrogen-bond donors (Lipinski definition) is 1. The number of ether oxygens (including phenoxy) is 1. The Morgan fingerprint density at radius 2 is 1.95 bits per heavy atom. The van der Waals surface area contributed by atoms with Gasteiger partial charge in [-0.05, 0) is 24.0 Å². The molecule has 0 radical (unpaired) electrons. The Bertz CT molecular complexity index is 440. The first kappa shape index (κ1) is 14.3. The number of nitrogens with zero attached hydrogens (tertiary/aromatic N) is 1. The summed E-state index contributed by atoms with van der Waals surface area (Å²) in [7, 11) is 0. The molecule has 0 bridgehead atoms. The van der Waals surface area contributed by atoms with Crippen molar-refractivity contribution in [2.24, 2.45) is 17.6 Å². The number of rotatable bonds is 5. The zero-order valence-corrected chi connectivity index (χ0v) is 12.5. The van der Waals surface area contributed by atoms with Crippen LogP contribution in [0.1, 0.15) is 19.4 Å². The Labute approximate surface area is 120 Å². The lowest BCUT2D eigenvalue weighted by Gasteiger charge is -2.16. The van der Waals surface area contributed by atoms with E-state index in [4.69, 9.17) is 22.7 Å². The molecule has 2 rings (SSSR count). The molecule has 2 N–H and O–H groups in total. The number of benzene rings is 1. The summed E-state index contributed by atoms with van der Waals surface area (Å²) >= 11 is 5.03. The van der Waals surface area contributed by atoms with Crippen LogP contribution in [0, 0.1) is 11.8 Å². The maximum absolute atomic E-state index is 5.82. The summed E-state index contributed by atoms with van der Waals surface area (Å²) in [6, 6.07) is 7.68. The smallest absolute Gasteiger partial charge is 0.129 e. The van der Waals surface area contributed by atoms with E-state index in [1.807, 2.05) is 24.3 Å². The van der Waals surface area contributed by atoms with Gasteiger partial charge in [0.2, 0.25) is 0 Å². The molecule has 0 amide bonds. The second kappa shape index (κ2) is 6.35. The molecule has 1 aromatic rings. The molecule has 2 atom stereocenters. The third-order valence-corrected chi connectivity index (χ3v) is 4.10. The van der Waals surface area contributed by atoms with Crippen molar-refractivity contribution in [1.29, 1.82) is 0 Å². The molecule has 4 heteroatoms. The first-order valence-corrected chi connectivity index (χ1v) is 7.22. The van der Waals surface area contributed by atoms with Crippen LogP contribution in [0.25, 0.3) is 0 Å². The lowest BCUT2D eigenvalue weighted by molar-refractivity contribution is 0.231. The minimum absolute atomic E-state index is 0.388. The lowest BCUT2D eigenvalue weighted by atomic mass is 10.0. The number of likely N-dealkylation sites (tertiary alicyclic amines) is 1. The fraction of sp³-hybridized carbons (Fsp3) is 0.533. The third-order valence-electron chi connectivity index (χ3n) is 3.88. The van der Waals surface area contributed by atoms with Crippen LogP contribution in [0.15, 0.2) is 24.3 Å². The number of nitrogens with two attached hydrogens (primary N) is 1. The van der Waals surface area contributed by atoms with E-state index in [-0.39, 0.29) is 0 Å². The summed E-state index contributed by atoms with van der Waals surface area (Å²) in [5, 5.41) is 0. The molecule has 0 spiro atoms. The van der Waals surface area contributed by atoms with E-state index in [0.717, 1.165) is 29.7 Å². The molecular weight excluding hydrogens is 256 g/mol. The minimum Gasteiger partial charge on any atom is -0.492 e. The molecule has 19 heavy (non-hydrogen) atoms. The molecule has 2 unspecified atom stereocenters. The van der Waals surface area contributed by atoms with Crippen molar-refractivity contribution in [1.82, 2.24) is 4.90 Å². The summed E-state index contributed by atoms with van der Waals surface area (Å²) in [4.78, 5) is 2.85. The number of thiocarbonyl (C=S) groups is 1. The van der Waals surface area contributed by atoms with Crippen molar-refractivity contribution >= 4 is 17.2 Å². The maximum atomic E-state index is 5.82. The molecule has 1 aromatic carbocycles. The lowest BCUT2D eigenvalue weighted by Crippen LogP contribution is -2.26. The van der Waals surface area contributed by atoms with Gasteiger partial charge in [-0.3, -0.25) is 4.90 Å². The number of para-hydroxylation sites is 1. The van der Waals surface area contributed by atoms with Crippen LogP contribution in [-0.2, 0) is 0 Å². The molecule has 3 nitrogen and oxygen atoms in total. The number of hydrogen-bond acceptors (Lipinski definition) is 3. The Hall–Kier alpha value is -1.13. The topological polar surface area (TPSA) is 38.5 Å². The molecule has 0 saturated carbocycles. The molecule has 1 aliphatic heterocycles. The molecule has 1 fully saturated rings. The Morgan fingerprint density at radius 1 is 1.32 bits per heavy atom. The molecule has 1 saturated heterocycles. The van der Waals surface area contributed by atoms with Gasteiger partial charge in [0.25, 0.3) is 0 Å².